The fourth-order valence-electron chi connectivity index (χ4n) is 3.57. The molecule has 0 saturated carbocycles. The second-order valence-electron chi connectivity index (χ2n) is 8.97. The summed E-state index contributed by atoms with van der Waals surface area (Å²) in [6.45, 7) is 17.5. The van der Waals surface area contributed by atoms with Gasteiger partial charge in [-0.15, -0.1) is 24.0 Å². The molecule has 1 amide bonds. The van der Waals surface area contributed by atoms with Gasteiger partial charge in [0, 0.05) is 38.9 Å². The highest BCUT2D eigenvalue weighted by atomic mass is 127. The summed E-state index contributed by atoms with van der Waals surface area (Å²) in [5.41, 5.74) is 0.709. The number of ether oxygens (including phenoxy) is 1. The molecule has 1 N–H and O–H groups in total. The minimum Gasteiger partial charge on any atom is -0.444 e. The third kappa shape index (κ3) is 9.65. The molecule has 0 aromatic carbocycles. The highest BCUT2D eigenvalue weighted by Crippen LogP contribution is 2.20. The molecular formula is C22H41IN6O2. The van der Waals surface area contributed by atoms with Gasteiger partial charge < -0.3 is 19.9 Å². The Labute approximate surface area is 204 Å². The maximum Gasteiger partial charge on any atom is 0.410 e. The summed E-state index contributed by atoms with van der Waals surface area (Å²) >= 11 is 0. The molecule has 9 heteroatoms. The predicted molar refractivity (Wildman–Crippen MR) is 136 cm³/mol. The van der Waals surface area contributed by atoms with Crippen molar-refractivity contribution in [3.63, 3.8) is 0 Å². The zero-order chi connectivity index (χ0) is 22.1. The topological polar surface area (TPSA) is 75.0 Å². The van der Waals surface area contributed by atoms with E-state index in [4.69, 9.17) is 9.73 Å². The van der Waals surface area contributed by atoms with Crippen LogP contribution in [0, 0.1) is 12.8 Å². The van der Waals surface area contributed by atoms with Gasteiger partial charge in [0.15, 0.2) is 5.96 Å². The average Bonchev–Trinajstić information content (AvgIpc) is 3.09. The maximum absolute atomic E-state index is 12.4. The van der Waals surface area contributed by atoms with E-state index in [2.05, 4.69) is 22.2 Å². The van der Waals surface area contributed by atoms with Gasteiger partial charge in [0.2, 0.25) is 0 Å². The molecule has 1 fully saturated rings. The Kier molecular flexibility index (Phi) is 11.6. The first-order chi connectivity index (χ1) is 14.2. The van der Waals surface area contributed by atoms with Crippen molar-refractivity contribution in [1.82, 2.24) is 24.9 Å². The molecule has 8 nitrogen and oxygen atoms in total. The third-order valence-electron chi connectivity index (χ3n) is 5.11. The molecule has 0 unspecified atom stereocenters. The van der Waals surface area contributed by atoms with Gasteiger partial charge in [0.25, 0.3) is 0 Å². The van der Waals surface area contributed by atoms with Crippen LogP contribution in [-0.4, -0.2) is 76.5 Å². The van der Waals surface area contributed by atoms with Crippen LogP contribution >= 0.6 is 24.0 Å². The number of piperidine rings is 1. The van der Waals surface area contributed by atoms with Crippen molar-refractivity contribution >= 4 is 36.0 Å². The molecule has 1 aromatic rings. The van der Waals surface area contributed by atoms with E-state index >= 15 is 0 Å². The standard InChI is InChI=1S/C22H40N6O2.HI/c1-7-23-20(24-11-14-28-16-18(3)15-25-28)27-12-9-19(10-13-27)17-26(8-2)21(29)30-22(4,5)6;/h15-16,19H,7-14,17H2,1-6H3,(H,23,24);1H. The lowest BCUT2D eigenvalue weighted by atomic mass is 9.96. The number of carbonyl (C=O) groups is 1. The van der Waals surface area contributed by atoms with Crippen LogP contribution in [0.3, 0.4) is 0 Å². The summed E-state index contributed by atoms with van der Waals surface area (Å²) in [7, 11) is 0. The summed E-state index contributed by atoms with van der Waals surface area (Å²) in [4.78, 5) is 21.4. The van der Waals surface area contributed by atoms with Crippen LogP contribution in [-0.2, 0) is 11.3 Å². The molecule has 1 aromatic heterocycles. The smallest absolute Gasteiger partial charge is 0.410 e. The number of likely N-dealkylation sites (tertiary alicyclic amines) is 1. The van der Waals surface area contributed by atoms with Gasteiger partial charge in [-0.1, -0.05) is 0 Å². The van der Waals surface area contributed by atoms with Crippen molar-refractivity contribution in [3.8, 4) is 0 Å². The lowest BCUT2D eigenvalue weighted by molar-refractivity contribution is 0.0214. The largest absolute Gasteiger partial charge is 0.444 e. The van der Waals surface area contributed by atoms with Gasteiger partial charge in [-0.3, -0.25) is 9.67 Å². The third-order valence-corrected chi connectivity index (χ3v) is 5.11. The monoisotopic (exact) mass is 548 g/mol. The molecule has 1 saturated heterocycles. The number of guanidine groups is 1. The van der Waals surface area contributed by atoms with Crippen LogP contribution < -0.4 is 5.32 Å². The van der Waals surface area contributed by atoms with E-state index in [-0.39, 0.29) is 30.1 Å². The zero-order valence-corrected chi connectivity index (χ0v) is 22.4. The molecule has 2 rings (SSSR count). The van der Waals surface area contributed by atoms with E-state index in [1.165, 1.54) is 5.56 Å². The molecular weight excluding hydrogens is 507 g/mol. The number of aliphatic imine (C=N–C) groups is 1. The second kappa shape index (κ2) is 13.1. The van der Waals surface area contributed by atoms with E-state index in [9.17, 15) is 4.79 Å². The van der Waals surface area contributed by atoms with Gasteiger partial charge in [-0.2, -0.15) is 5.10 Å². The Morgan fingerprint density at radius 1 is 1.32 bits per heavy atom. The summed E-state index contributed by atoms with van der Waals surface area (Å²) in [5, 5.41) is 7.74. The van der Waals surface area contributed by atoms with Crippen molar-refractivity contribution in [2.75, 3.05) is 39.3 Å². The van der Waals surface area contributed by atoms with Crippen LogP contribution in [0.4, 0.5) is 4.79 Å². The van der Waals surface area contributed by atoms with E-state index in [1.54, 1.807) is 0 Å². The molecule has 0 atom stereocenters. The summed E-state index contributed by atoms with van der Waals surface area (Å²) in [6.07, 6.45) is 5.79. The first kappa shape index (κ1) is 27.5. The van der Waals surface area contributed by atoms with E-state index in [1.807, 2.05) is 56.6 Å². The number of nitrogens with one attached hydrogen (secondary N) is 1. The average molecular weight is 549 g/mol. The second-order valence-corrected chi connectivity index (χ2v) is 8.97. The maximum atomic E-state index is 12.4. The van der Waals surface area contributed by atoms with Crippen LogP contribution in [0.5, 0.6) is 0 Å². The number of nitrogens with zero attached hydrogens (tertiary/aromatic N) is 5. The SMILES string of the molecule is CCNC(=NCCn1cc(C)cn1)N1CCC(CN(CC)C(=O)OC(C)(C)C)CC1.I. The quantitative estimate of drug-likeness (QED) is 0.319. The molecule has 0 bridgehead atoms. The van der Waals surface area contributed by atoms with Gasteiger partial charge in [-0.25, -0.2) is 4.79 Å². The van der Waals surface area contributed by atoms with Crippen molar-refractivity contribution in [3.05, 3.63) is 18.0 Å². The molecule has 178 valence electrons. The Morgan fingerprint density at radius 2 is 2.00 bits per heavy atom. The zero-order valence-electron chi connectivity index (χ0n) is 20.1. The number of aromatic nitrogens is 2. The Hall–Kier alpha value is -1.52. The van der Waals surface area contributed by atoms with Crippen LogP contribution in [0.1, 0.15) is 53.0 Å². The van der Waals surface area contributed by atoms with Crippen LogP contribution in [0.15, 0.2) is 17.4 Å². The molecule has 1 aliphatic heterocycles. The molecule has 1 aliphatic rings. The Morgan fingerprint density at radius 3 is 2.52 bits per heavy atom. The molecule has 0 spiro atoms. The minimum absolute atomic E-state index is 0. The van der Waals surface area contributed by atoms with Crippen molar-refractivity contribution in [2.45, 2.75) is 66.5 Å². The lowest BCUT2D eigenvalue weighted by Crippen LogP contribution is -2.48. The van der Waals surface area contributed by atoms with Crippen molar-refractivity contribution in [2.24, 2.45) is 10.9 Å². The van der Waals surface area contributed by atoms with E-state index < -0.39 is 5.60 Å². The van der Waals surface area contributed by atoms with Gasteiger partial charge >= 0.3 is 6.09 Å². The Balaban J connectivity index is 0.00000480. The highest BCUT2D eigenvalue weighted by Gasteiger charge is 2.27. The van der Waals surface area contributed by atoms with Crippen molar-refractivity contribution < 1.29 is 9.53 Å². The number of carbonyl (C=O) groups excluding carboxylic acids is 1. The molecule has 0 radical (unpaired) electrons. The first-order valence-corrected chi connectivity index (χ1v) is 11.2. The lowest BCUT2D eigenvalue weighted by Gasteiger charge is -2.36. The number of halogens is 1. The van der Waals surface area contributed by atoms with Gasteiger partial charge in [0.1, 0.15) is 5.60 Å². The normalized spacial score (nSPS) is 15.4. The number of amides is 1. The molecule has 0 aliphatic carbocycles. The van der Waals surface area contributed by atoms with E-state index in [0.29, 0.717) is 19.0 Å². The fraction of sp³-hybridized carbons (Fsp3) is 0.773. The number of hydrogen-bond acceptors (Lipinski definition) is 4. The Bertz CT molecular complexity index is 692. The van der Waals surface area contributed by atoms with Gasteiger partial charge in [0.05, 0.1) is 19.3 Å². The van der Waals surface area contributed by atoms with Gasteiger partial charge in [-0.05, 0) is 65.9 Å². The summed E-state index contributed by atoms with van der Waals surface area (Å²) in [6, 6.07) is 0. The highest BCUT2D eigenvalue weighted by molar-refractivity contribution is 14.0. The number of hydrogen-bond donors (Lipinski definition) is 1. The van der Waals surface area contributed by atoms with Crippen LogP contribution in [0.2, 0.25) is 0 Å². The predicted octanol–water partition coefficient (Wildman–Crippen LogP) is 3.74. The number of rotatable bonds is 7. The van der Waals surface area contributed by atoms with E-state index in [0.717, 1.165) is 51.5 Å². The summed E-state index contributed by atoms with van der Waals surface area (Å²) < 4.78 is 7.48. The first-order valence-electron chi connectivity index (χ1n) is 11.2. The fourth-order valence-corrected chi connectivity index (χ4v) is 3.57. The minimum atomic E-state index is -0.458. The molecule has 31 heavy (non-hydrogen) atoms. The van der Waals surface area contributed by atoms with Crippen LogP contribution in [0.25, 0.3) is 0 Å². The molecule has 2 heterocycles. The van der Waals surface area contributed by atoms with Crippen molar-refractivity contribution in [1.29, 1.82) is 0 Å². The number of aryl methyl sites for hydroxylation is 1. The summed E-state index contributed by atoms with van der Waals surface area (Å²) in [5.74, 6) is 1.46.